The van der Waals surface area contributed by atoms with Crippen molar-refractivity contribution in [1.82, 2.24) is 0 Å². The summed E-state index contributed by atoms with van der Waals surface area (Å²) in [5.41, 5.74) is 6.29. The molecule has 1 saturated heterocycles. The lowest BCUT2D eigenvalue weighted by atomic mass is 10.0. The summed E-state index contributed by atoms with van der Waals surface area (Å²) in [6, 6.07) is 4.38. The minimum absolute atomic E-state index is 0.0175. The van der Waals surface area contributed by atoms with E-state index in [4.69, 9.17) is 25.1 Å². The van der Waals surface area contributed by atoms with Gasteiger partial charge in [0.15, 0.2) is 11.5 Å². The highest BCUT2D eigenvalue weighted by molar-refractivity contribution is 5.73. The first-order valence-electron chi connectivity index (χ1n) is 6.00. The molecule has 3 N–H and O–H groups in total. The Morgan fingerprint density at radius 3 is 2.84 bits per heavy atom. The SMILES string of the molecule is COc1cccc(CC(N)C(=O)O)c1OC1COC1. The number of hydrogen-bond donors (Lipinski definition) is 2. The molecular weight excluding hydrogens is 250 g/mol. The van der Waals surface area contributed by atoms with Crippen molar-refractivity contribution in [3.8, 4) is 11.5 Å². The second-order valence-corrected chi connectivity index (χ2v) is 4.37. The Labute approximate surface area is 111 Å². The quantitative estimate of drug-likeness (QED) is 0.776. The molecule has 19 heavy (non-hydrogen) atoms. The Hall–Kier alpha value is -1.79. The van der Waals surface area contributed by atoms with Gasteiger partial charge in [0.2, 0.25) is 0 Å². The first-order valence-corrected chi connectivity index (χ1v) is 6.00. The zero-order chi connectivity index (χ0) is 13.8. The van der Waals surface area contributed by atoms with Crippen LogP contribution in [0.3, 0.4) is 0 Å². The van der Waals surface area contributed by atoms with E-state index < -0.39 is 12.0 Å². The number of ether oxygens (including phenoxy) is 3. The van der Waals surface area contributed by atoms with E-state index >= 15 is 0 Å². The van der Waals surface area contributed by atoms with Gasteiger partial charge in [-0.15, -0.1) is 0 Å². The van der Waals surface area contributed by atoms with E-state index in [-0.39, 0.29) is 12.5 Å². The highest BCUT2D eigenvalue weighted by Gasteiger charge is 2.24. The molecule has 1 aromatic rings. The van der Waals surface area contributed by atoms with Crippen LogP contribution in [0.1, 0.15) is 5.56 Å². The molecular formula is C13H17NO5. The summed E-state index contributed by atoms with van der Waals surface area (Å²) >= 11 is 0. The predicted octanol–water partition coefficient (Wildman–Crippen LogP) is 0.427. The summed E-state index contributed by atoms with van der Waals surface area (Å²) < 4.78 is 16.1. The largest absolute Gasteiger partial charge is 0.493 e. The molecule has 1 fully saturated rings. The van der Waals surface area contributed by atoms with Crippen molar-refractivity contribution in [3.63, 3.8) is 0 Å². The van der Waals surface area contributed by atoms with Gasteiger partial charge in [-0.1, -0.05) is 12.1 Å². The van der Waals surface area contributed by atoms with Crippen LogP contribution in [0.4, 0.5) is 0 Å². The molecule has 104 valence electrons. The van der Waals surface area contributed by atoms with Crippen molar-refractivity contribution < 1.29 is 24.1 Å². The third-order valence-corrected chi connectivity index (χ3v) is 2.93. The van der Waals surface area contributed by atoms with Crippen molar-refractivity contribution in [2.24, 2.45) is 5.73 Å². The molecule has 0 bridgehead atoms. The standard InChI is InChI=1S/C13H17NO5/c1-17-11-4-2-3-8(5-10(14)13(15)16)12(11)19-9-6-18-7-9/h2-4,9-10H,5-7,14H2,1H3,(H,15,16). The predicted molar refractivity (Wildman–Crippen MR) is 67.5 cm³/mol. The van der Waals surface area contributed by atoms with Crippen molar-refractivity contribution in [3.05, 3.63) is 23.8 Å². The molecule has 1 atom stereocenters. The van der Waals surface area contributed by atoms with Crippen LogP contribution in [0.5, 0.6) is 11.5 Å². The van der Waals surface area contributed by atoms with Gasteiger partial charge in [0.05, 0.1) is 20.3 Å². The molecule has 0 aliphatic carbocycles. The van der Waals surface area contributed by atoms with Gasteiger partial charge in [-0.05, 0) is 6.07 Å². The zero-order valence-corrected chi connectivity index (χ0v) is 10.7. The number of carboxylic acid groups (broad SMARTS) is 1. The van der Waals surface area contributed by atoms with Crippen LogP contribution in [0, 0.1) is 0 Å². The summed E-state index contributed by atoms with van der Waals surface area (Å²) in [6.07, 6.45) is 0.172. The van der Waals surface area contributed by atoms with Crippen LogP contribution in [0.25, 0.3) is 0 Å². The number of hydrogen-bond acceptors (Lipinski definition) is 5. The first-order chi connectivity index (χ1) is 9.11. The van der Waals surface area contributed by atoms with Crippen LogP contribution in [-0.4, -0.2) is 43.5 Å². The van der Waals surface area contributed by atoms with Gasteiger partial charge in [-0.3, -0.25) is 4.79 Å². The molecule has 6 heteroatoms. The van der Waals surface area contributed by atoms with Gasteiger partial charge in [0.25, 0.3) is 0 Å². The fourth-order valence-corrected chi connectivity index (χ4v) is 1.79. The second-order valence-electron chi connectivity index (χ2n) is 4.37. The van der Waals surface area contributed by atoms with E-state index in [2.05, 4.69) is 0 Å². The number of benzene rings is 1. The summed E-state index contributed by atoms with van der Waals surface area (Å²) in [4.78, 5) is 10.8. The van der Waals surface area contributed by atoms with E-state index in [1.165, 1.54) is 0 Å². The summed E-state index contributed by atoms with van der Waals surface area (Å²) in [7, 11) is 1.54. The molecule has 1 aliphatic rings. The molecule has 2 rings (SSSR count). The highest BCUT2D eigenvalue weighted by atomic mass is 16.6. The van der Waals surface area contributed by atoms with Crippen LogP contribution < -0.4 is 15.2 Å². The van der Waals surface area contributed by atoms with Crippen LogP contribution >= 0.6 is 0 Å². The maximum absolute atomic E-state index is 10.8. The maximum atomic E-state index is 10.8. The smallest absolute Gasteiger partial charge is 0.320 e. The summed E-state index contributed by atoms with van der Waals surface area (Å²) in [5.74, 6) is 0.0812. The van der Waals surface area contributed by atoms with Crippen molar-refractivity contribution in [1.29, 1.82) is 0 Å². The molecule has 0 saturated carbocycles. The second kappa shape index (κ2) is 5.90. The topological polar surface area (TPSA) is 91.0 Å². The number of carboxylic acids is 1. The normalized spacial score (nSPS) is 16.5. The number of nitrogens with two attached hydrogens (primary N) is 1. The number of aliphatic carboxylic acids is 1. The lowest BCUT2D eigenvalue weighted by molar-refractivity contribution is -0.138. The van der Waals surface area contributed by atoms with Gasteiger partial charge >= 0.3 is 5.97 Å². The summed E-state index contributed by atoms with van der Waals surface area (Å²) in [6.45, 7) is 1.06. The first kappa shape index (κ1) is 13.6. The van der Waals surface area contributed by atoms with E-state index in [0.29, 0.717) is 24.7 Å². The molecule has 1 heterocycles. The number of rotatable bonds is 6. The van der Waals surface area contributed by atoms with Crippen molar-refractivity contribution >= 4 is 5.97 Å². The van der Waals surface area contributed by atoms with Crippen LogP contribution in [0.2, 0.25) is 0 Å². The van der Waals surface area contributed by atoms with Crippen LogP contribution in [0.15, 0.2) is 18.2 Å². The third kappa shape index (κ3) is 3.15. The highest BCUT2D eigenvalue weighted by Crippen LogP contribution is 2.33. The number of carbonyl (C=O) groups is 1. The minimum Gasteiger partial charge on any atom is -0.493 e. The Morgan fingerprint density at radius 2 is 2.32 bits per heavy atom. The van der Waals surface area contributed by atoms with Crippen molar-refractivity contribution in [2.45, 2.75) is 18.6 Å². The molecule has 0 spiro atoms. The fourth-order valence-electron chi connectivity index (χ4n) is 1.79. The Kier molecular flexibility index (Phi) is 4.24. The van der Waals surface area contributed by atoms with Crippen LogP contribution in [-0.2, 0) is 16.0 Å². The molecule has 6 nitrogen and oxygen atoms in total. The van der Waals surface area contributed by atoms with E-state index in [1.54, 1.807) is 25.3 Å². The molecule has 1 aromatic carbocycles. The summed E-state index contributed by atoms with van der Waals surface area (Å²) in [5, 5.41) is 8.88. The number of methoxy groups -OCH3 is 1. The van der Waals surface area contributed by atoms with E-state index in [9.17, 15) is 4.79 Å². The lowest BCUT2D eigenvalue weighted by Gasteiger charge is -2.28. The van der Waals surface area contributed by atoms with E-state index in [0.717, 1.165) is 5.56 Å². The average Bonchev–Trinajstić information content (AvgIpc) is 2.34. The number of para-hydroxylation sites is 1. The van der Waals surface area contributed by atoms with E-state index in [1.807, 2.05) is 0 Å². The Balaban J connectivity index is 2.22. The van der Waals surface area contributed by atoms with Gasteiger partial charge in [-0.25, -0.2) is 0 Å². The average molecular weight is 267 g/mol. The van der Waals surface area contributed by atoms with Gasteiger partial charge in [0, 0.05) is 12.0 Å². The molecule has 0 aromatic heterocycles. The Morgan fingerprint density at radius 1 is 1.58 bits per heavy atom. The monoisotopic (exact) mass is 267 g/mol. The lowest BCUT2D eigenvalue weighted by Crippen LogP contribution is -2.39. The molecule has 0 radical (unpaired) electrons. The van der Waals surface area contributed by atoms with Gasteiger partial charge < -0.3 is 25.1 Å². The molecule has 0 amide bonds. The molecule has 1 aliphatic heterocycles. The molecule has 1 unspecified atom stereocenters. The fraction of sp³-hybridized carbons (Fsp3) is 0.462. The maximum Gasteiger partial charge on any atom is 0.320 e. The van der Waals surface area contributed by atoms with Gasteiger partial charge in [-0.2, -0.15) is 0 Å². The zero-order valence-electron chi connectivity index (χ0n) is 10.7. The minimum atomic E-state index is -1.04. The third-order valence-electron chi connectivity index (χ3n) is 2.93. The van der Waals surface area contributed by atoms with Crippen molar-refractivity contribution in [2.75, 3.05) is 20.3 Å². The Bertz CT molecular complexity index is 458. The van der Waals surface area contributed by atoms with Gasteiger partial charge in [0.1, 0.15) is 12.1 Å².